The zero-order chi connectivity index (χ0) is 14.7. The third-order valence-electron chi connectivity index (χ3n) is 3.11. The second-order valence-electron chi connectivity index (χ2n) is 4.50. The minimum Gasteiger partial charge on any atom is -0.258 e. The third-order valence-corrected chi connectivity index (χ3v) is 3.11. The van der Waals surface area contributed by atoms with Crippen molar-refractivity contribution in [2.45, 2.75) is 0 Å². The van der Waals surface area contributed by atoms with Gasteiger partial charge in [-0.25, -0.2) is 0 Å². The lowest BCUT2D eigenvalue weighted by atomic mass is 10.0. The van der Waals surface area contributed by atoms with E-state index in [-0.39, 0.29) is 5.69 Å². The summed E-state index contributed by atoms with van der Waals surface area (Å²) in [5.41, 5.74) is 3.30. The number of nitrogens with zero attached hydrogens (tertiary/aromatic N) is 3. The van der Waals surface area contributed by atoms with Crippen LogP contribution in [0.4, 0.5) is 5.69 Å². The zero-order valence-electron chi connectivity index (χ0n) is 11.0. The largest absolute Gasteiger partial charge is 0.270 e. The van der Waals surface area contributed by atoms with Crippen LogP contribution in [0.5, 0.6) is 0 Å². The smallest absolute Gasteiger partial charge is 0.258 e. The van der Waals surface area contributed by atoms with E-state index < -0.39 is 4.92 Å². The molecule has 0 aliphatic heterocycles. The van der Waals surface area contributed by atoms with Gasteiger partial charge in [-0.05, 0) is 11.6 Å². The minimum absolute atomic E-state index is 0.0607. The fourth-order valence-electron chi connectivity index (χ4n) is 2.07. The van der Waals surface area contributed by atoms with Crippen molar-refractivity contribution in [2.75, 3.05) is 0 Å². The molecule has 0 unspecified atom stereocenters. The molecular weight excluding hydrogens is 266 g/mol. The molecule has 0 aliphatic rings. The summed E-state index contributed by atoms with van der Waals surface area (Å²) in [5.74, 6) is 0. The van der Waals surface area contributed by atoms with Gasteiger partial charge in [0.15, 0.2) is 0 Å². The second-order valence-corrected chi connectivity index (χ2v) is 4.50. The van der Waals surface area contributed by atoms with Crippen LogP contribution in [0.3, 0.4) is 0 Å². The van der Waals surface area contributed by atoms with Gasteiger partial charge in [-0.2, -0.15) is 10.2 Å². The number of hydrogen-bond donors (Lipinski definition) is 0. The molecule has 5 heteroatoms. The molecule has 0 aliphatic carbocycles. The fourth-order valence-corrected chi connectivity index (χ4v) is 2.07. The van der Waals surface area contributed by atoms with Crippen LogP contribution >= 0.6 is 0 Å². The third kappa shape index (κ3) is 2.76. The van der Waals surface area contributed by atoms with E-state index in [9.17, 15) is 10.1 Å². The Bertz CT molecular complexity index is 788. The molecule has 0 radical (unpaired) electrons. The number of nitro benzene ring substituents is 1. The number of nitro groups is 1. The Labute approximate surface area is 121 Å². The molecule has 0 spiro atoms. The minimum atomic E-state index is -0.407. The van der Waals surface area contributed by atoms with Gasteiger partial charge in [-0.1, -0.05) is 42.5 Å². The Kier molecular flexibility index (Phi) is 3.39. The van der Waals surface area contributed by atoms with Crippen molar-refractivity contribution >= 4 is 5.69 Å². The predicted molar refractivity (Wildman–Crippen MR) is 79.6 cm³/mol. The van der Waals surface area contributed by atoms with E-state index in [0.717, 1.165) is 22.4 Å². The van der Waals surface area contributed by atoms with Crippen LogP contribution in [0.15, 0.2) is 66.9 Å². The van der Waals surface area contributed by atoms with Crippen LogP contribution in [0.2, 0.25) is 0 Å². The van der Waals surface area contributed by atoms with Crippen molar-refractivity contribution < 1.29 is 4.92 Å². The van der Waals surface area contributed by atoms with E-state index in [1.54, 1.807) is 12.3 Å². The maximum Gasteiger partial charge on any atom is 0.270 e. The highest BCUT2D eigenvalue weighted by Crippen LogP contribution is 2.26. The highest BCUT2D eigenvalue weighted by Gasteiger charge is 2.08. The number of benzene rings is 2. The van der Waals surface area contributed by atoms with Gasteiger partial charge < -0.3 is 0 Å². The lowest BCUT2D eigenvalue weighted by Gasteiger charge is -2.04. The van der Waals surface area contributed by atoms with Crippen molar-refractivity contribution in [1.82, 2.24) is 10.2 Å². The van der Waals surface area contributed by atoms with Crippen LogP contribution in [0.25, 0.3) is 22.4 Å². The molecule has 0 amide bonds. The van der Waals surface area contributed by atoms with Crippen LogP contribution in [0.1, 0.15) is 0 Å². The highest BCUT2D eigenvalue weighted by atomic mass is 16.6. The van der Waals surface area contributed by atoms with Crippen LogP contribution in [0, 0.1) is 10.1 Å². The number of hydrogen-bond acceptors (Lipinski definition) is 4. The Morgan fingerprint density at radius 2 is 1.62 bits per heavy atom. The SMILES string of the molecule is O=[N+]([O-])c1cccc(-c2cnnc(-c3ccccc3)c2)c1. The summed E-state index contributed by atoms with van der Waals surface area (Å²) in [6.07, 6.45) is 1.60. The van der Waals surface area contributed by atoms with Gasteiger partial charge in [0, 0.05) is 23.3 Å². The molecule has 5 nitrogen and oxygen atoms in total. The van der Waals surface area contributed by atoms with E-state index in [0.29, 0.717) is 0 Å². The first-order chi connectivity index (χ1) is 10.2. The van der Waals surface area contributed by atoms with Gasteiger partial charge in [0.1, 0.15) is 0 Å². The molecule has 0 N–H and O–H groups in total. The van der Waals surface area contributed by atoms with Crippen molar-refractivity contribution in [2.24, 2.45) is 0 Å². The van der Waals surface area contributed by atoms with E-state index in [2.05, 4.69) is 10.2 Å². The summed E-state index contributed by atoms with van der Waals surface area (Å²) >= 11 is 0. The van der Waals surface area contributed by atoms with E-state index in [1.807, 2.05) is 42.5 Å². The molecule has 2 aromatic carbocycles. The maximum atomic E-state index is 10.9. The molecule has 3 rings (SSSR count). The molecule has 0 fully saturated rings. The Morgan fingerprint density at radius 1 is 0.857 bits per heavy atom. The number of non-ortho nitro benzene ring substituents is 1. The van der Waals surface area contributed by atoms with Gasteiger partial charge in [-0.3, -0.25) is 10.1 Å². The summed E-state index contributed by atoms with van der Waals surface area (Å²) in [4.78, 5) is 10.4. The van der Waals surface area contributed by atoms with Gasteiger partial charge in [0.05, 0.1) is 16.8 Å². The maximum absolute atomic E-state index is 10.9. The lowest BCUT2D eigenvalue weighted by molar-refractivity contribution is -0.384. The fraction of sp³-hybridized carbons (Fsp3) is 0. The molecule has 102 valence electrons. The van der Waals surface area contributed by atoms with E-state index in [1.165, 1.54) is 12.1 Å². The van der Waals surface area contributed by atoms with E-state index in [4.69, 9.17) is 0 Å². The predicted octanol–water partition coefficient (Wildman–Crippen LogP) is 3.72. The zero-order valence-corrected chi connectivity index (χ0v) is 11.0. The molecule has 21 heavy (non-hydrogen) atoms. The summed E-state index contributed by atoms with van der Waals surface area (Å²) in [7, 11) is 0. The monoisotopic (exact) mass is 277 g/mol. The molecule has 1 heterocycles. The first-order valence-corrected chi connectivity index (χ1v) is 6.37. The summed E-state index contributed by atoms with van der Waals surface area (Å²) in [6.45, 7) is 0. The number of rotatable bonds is 3. The Hall–Kier alpha value is -3.08. The molecule has 0 bridgehead atoms. The molecule has 3 aromatic rings. The summed E-state index contributed by atoms with van der Waals surface area (Å²) in [6, 6.07) is 18.0. The van der Waals surface area contributed by atoms with E-state index >= 15 is 0 Å². The Morgan fingerprint density at radius 3 is 2.38 bits per heavy atom. The second kappa shape index (κ2) is 5.50. The van der Waals surface area contributed by atoms with Gasteiger partial charge in [0.2, 0.25) is 0 Å². The van der Waals surface area contributed by atoms with Gasteiger partial charge >= 0.3 is 0 Å². The molecular formula is C16H11N3O2. The van der Waals surface area contributed by atoms with Crippen molar-refractivity contribution in [1.29, 1.82) is 0 Å². The molecule has 0 saturated heterocycles. The normalized spacial score (nSPS) is 10.3. The quantitative estimate of drug-likeness (QED) is 0.540. The summed E-state index contributed by atoms with van der Waals surface area (Å²) < 4.78 is 0. The average Bonchev–Trinajstić information content (AvgIpc) is 2.56. The Balaban J connectivity index is 2.04. The first kappa shape index (κ1) is 12.9. The van der Waals surface area contributed by atoms with Crippen molar-refractivity contribution in [3.8, 4) is 22.4 Å². The van der Waals surface area contributed by atoms with Crippen molar-refractivity contribution in [3.05, 3.63) is 77.0 Å². The van der Waals surface area contributed by atoms with Crippen LogP contribution in [-0.2, 0) is 0 Å². The first-order valence-electron chi connectivity index (χ1n) is 6.37. The topological polar surface area (TPSA) is 68.9 Å². The van der Waals surface area contributed by atoms with Crippen molar-refractivity contribution in [3.63, 3.8) is 0 Å². The highest BCUT2D eigenvalue weighted by molar-refractivity contribution is 5.70. The van der Waals surface area contributed by atoms with Crippen LogP contribution in [-0.4, -0.2) is 15.1 Å². The van der Waals surface area contributed by atoms with Crippen LogP contribution < -0.4 is 0 Å². The number of aromatic nitrogens is 2. The molecule has 0 atom stereocenters. The molecule has 1 aromatic heterocycles. The summed E-state index contributed by atoms with van der Waals surface area (Å²) in [5, 5.41) is 19.0. The standard InChI is InChI=1S/C16H11N3O2/c20-19(21)15-8-4-7-13(9-15)14-10-16(18-17-11-14)12-5-2-1-3-6-12/h1-11H. The van der Waals surface area contributed by atoms with Gasteiger partial charge in [0.25, 0.3) is 5.69 Å². The molecule has 0 saturated carbocycles. The van der Waals surface area contributed by atoms with Gasteiger partial charge in [-0.15, -0.1) is 0 Å². The average molecular weight is 277 g/mol. The lowest BCUT2D eigenvalue weighted by Crippen LogP contribution is -1.91.